The second-order valence-electron chi connectivity index (χ2n) is 6.17. The number of aliphatic carboxylic acids is 1. The highest BCUT2D eigenvalue weighted by atomic mass is 79.9. The molecule has 1 unspecified atom stereocenters. The predicted molar refractivity (Wildman–Crippen MR) is 97.9 cm³/mol. The highest BCUT2D eigenvalue weighted by molar-refractivity contribution is 9.10. The maximum Gasteiger partial charge on any atom is 0.312 e. The second kappa shape index (κ2) is 6.93. The van der Waals surface area contributed by atoms with E-state index in [0.29, 0.717) is 28.0 Å². The van der Waals surface area contributed by atoms with Gasteiger partial charge in [0.1, 0.15) is 0 Å². The molecule has 2 rings (SSSR count). The molecule has 0 bridgehead atoms. The second-order valence-corrected chi connectivity index (χ2v) is 7.02. The fourth-order valence-corrected chi connectivity index (χ4v) is 4.06. The lowest BCUT2D eigenvalue weighted by Crippen LogP contribution is -2.18. The summed E-state index contributed by atoms with van der Waals surface area (Å²) in [6.07, 6.45) is 0. The fourth-order valence-electron chi connectivity index (χ4n) is 3.28. The number of ketones is 1. The molecule has 0 aliphatic heterocycles. The fraction of sp³-hybridized carbons (Fsp3) is 0.368. The van der Waals surface area contributed by atoms with Gasteiger partial charge in [-0.3, -0.25) is 9.59 Å². The number of carbonyl (C=O) groups is 2. The molecule has 1 aromatic heterocycles. The molecule has 1 N–H and O–H groups in total. The third kappa shape index (κ3) is 3.18. The number of halogens is 1. The quantitative estimate of drug-likeness (QED) is 0.756. The first-order chi connectivity index (χ1) is 11.2. The van der Waals surface area contributed by atoms with Crippen LogP contribution in [0.2, 0.25) is 0 Å². The lowest BCUT2D eigenvalue weighted by Gasteiger charge is -2.15. The summed E-state index contributed by atoms with van der Waals surface area (Å²) in [5, 5.41) is 9.34. The molecular weight excluding hydrogens is 370 g/mol. The molecule has 0 amide bonds. The van der Waals surface area contributed by atoms with E-state index in [-0.39, 0.29) is 5.78 Å². The van der Waals surface area contributed by atoms with Gasteiger partial charge in [-0.05, 0) is 67.7 Å². The van der Waals surface area contributed by atoms with Gasteiger partial charge >= 0.3 is 5.97 Å². The molecular formula is C19H22BrNO3. The minimum atomic E-state index is -0.912. The van der Waals surface area contributed by atoms with Gasteiger partial charge in [-0.25, -0.2) is 0 Å². The summed E-state index contributed by atoms with van der Waals surface area (Å²) in [6, 6.07) is 5.73. The minimum absolute atomic E-state index is 0.0728. The summed E-state index contributed by atoms with van der Waals surface area (Å²) in [5.41, 5.74) is 4.82. The van der Waals surface area contributed by atoms with Crippen LogP contribution in [-0.2, 0) is 11.3 Å². The number of rotatable bonds is 5. The van der Waals surface area contributed by atoms with Gasteiger partial charge in [0.25, 0.3) is 0 Å². The predicted octanol–water partition coefficient (Wildman–Crippen LogP) is 4.61. The van der Waals surface area contributed by atoms with Crippen molar-refractivity contribution >= 4 is 27.7 Å². The number of carbonyl (C=O) groups excluding carboxylic acids is 1. The molecule has 5 heteroatoms. The molecule has 4 nitrogen and oxygen atoms in total. The zero-order valence-electron chi connectivity index (χ0n) is 14.6. The van der Waals surface area contributed by atoms with Crippen molar-refractivity contribution in [3.05, 3.63) is 56.3 Å². The van der Waals surface area contributed by atoms with Crippen molar-refractivity contribution in [3.63, 3.8) is 0 Å². The van der Waals surface area contributed by atoms with Gasteiger partial charge in [0, 0.05) is 22.3 Å². The van der Waals surface area contributed by atoms with Gasteiger partial charge in [0.2, 0.25) is 5.78 Å². The van der Waals surface area contributed by atoms with Crippen LogP contribution >= 0.6 is 15.9 Å². The van der Waals surface area contributed by atoms with Gasteiger partial charge < -0.3 is 9.67 Å². The van der Waals surface area contributed by atoms with Crippen LogP contribution in [-0.4, -0.2) is 21.4 Å². The van der Waals surface area contributed by atoms with Crippen molar-refractivity contribution in [1.82, 2.24) is 4.57 Å². The molecule has 2 aromatic rings. The lowest BCUT2D eigenvalue weighted by molar-refractivity contribution is -0.138. The number of hydrogen-bond donors (Lipinski definition) is 1. The number of hydrogen-bond acceptors (Lipinski definition) is 2. The van der Waals surface area contributed by atoms with Crippen LogP contribution in [0, 0.1) is 20.8 Å². The molecule has 1 aromatic carbocycles. The van der Waals surface area contributed by atoms with Crippen molar-refractivity contribution in [2.75, 3.05) is 0 Å². The molecule has 1 heterocycles. The van der Waals surface area contributed by atoms with Crippen molar-refractivity contribution < 1.29 is 14.7 Å². The third-order valence-electron chi connectivity index (χ3n) is 4.32. The summed E-state index contributed by atoms with van der Waals surface area (Å²) in [5.74, 6) is -1.68. The van der Waals surface area contributed by atoms with E-state index in [4.69, 9.17) is 0 Å². The van der Waals surface area contributed by atoms with Gasteiger partial charge in [0.15, 0.2) is 0 Å². The average Bonchev–Trinajstić information content (AvgIpc) is 2.81. The van der Waals surface area contributed by atoms with Crippen LogP contribution in [0.3, 0.4) is 0 Å². The van der Waals surface area contributed by atoms with Crippen LogP contribution < -0.4 is 0 Å². The monoisotopic (exact) mass is 391 g/mol. The minimum Gasteiger partial charge on any atom is -0.481 e. The van der Waals surface area contributed by atoms with Crippen molar-refractivity contribution in [1.29, 1.82) is 0 Å². The third-order valence-corrected chi connectivity index (χ3v) is 4.96. The van der Waals surface area contributed by atoms with Crippen LogP contribution in [0.5, 0.6) is 0 Å². The first-order valence-electron chi connectivity index (χ1n) is 7.93. The van der Waals surface area contributed by atoms with Gasteiger partial charge in [0.05, 0.1) is 11.6 Å². The van der Waals surface area contributed by atoms with Crippen molar-refractivity contribution in [2.45, 2.75) is 47.1 Å². The summed E-state index contributed by atoms with van der Waals surface area (Å²) < 4.78 is 2.45. The lowest BCUT2D eigenvalue weighted by atomic mass is 9.95. The summed E-state index contributed by atoms with van der Waals surface area (Å²) in [7, 11) is 0. The Balaban J connectivity index is 2.64. The highest BCUT2D eigenvalue weighted by Gasteiger charge is 2.27. The maximum absolute atomic E-state index is 13.1. The number of aromatic nitrogens is 1. The van der Waals surface area contributed by atoms with Crippen molar-refractivity contribution in [3.8, 4) is 0 Å². The molecule has 24 heavy (non-hydrogen) atoms. The number of aryl methyl sites for hydroxylation is 3. The molecule has 0 saturated carbocycles. The van der Waals surface area contributed by atoms with Crippen molar-refractivity contribution in [2.24, 2.45) is 0 Å². The van der Waals surface area contributed by atoms with E-state index < -0.39 is 11.9 Å². The molecule has 0 radical (unpaired) electrons. The van der Waals surface area contributed by atoms with E-state index in [9.17, 15) is 14.7 Å². The standard InChI is InChI=1S/C19H22BrNO3/c1-6-21-15(9-14(20)17(21)13(5)19(23)24)18(22)16-11(3)7-10(2)8-12(16)4/h7-9,13H,6H2,1-5H3,(H,23,24). The summed E-state index contributed by atoms with van der Waals surface area (Å²) in [6.45, 7) is 9.95. The molecule has 0 aliphatic rings. The van der Waals surface area contributed by atoms with Crippen LogP contribution in [0.1, 0.15) is 58.2 Å². The van der Waals surface area contributed by atoms with Gasteiger partial charge in [-0.2, -0.15) is 0 Å². The maximum atomic E-state index is 13.1. The number of benzene rings is 1. The van der Waals surface area contributed by atoms with E-state index in [1.807, 2.05) is 39.8 Å². The Hall–Kier alpha value is -1.88. The van der Waals surface area contributed by atoms with Crippen LogP contribution in [0.4, 0.5) is 0 Å². The largest absolute Gasteiger partial charge is 0.481 e. The first-order valence-corrected chi connectivity index (χ1v) is 8.72. The van der Waals surface area contributed by atoms with E-state index in [1.54, 1.807) is 17.6 Å². The normalized spacial score (nSPS) is 12.2. The van der Waals surface area contributed by atoms with E-state index in [0.717, 1.165) is 16.7 Å². The summed E-state index contributed by atoms with van der Waals surface area (Å²) >= 11 is 3.43. The Morgan fingerprint density at radius 2 is 1.71 bits per heavy atom. The van der Waals surface area contributed by atoms with Crippen LogP contribution in [0.15, 0.2) is 22.7 Å². The smallest absolute Gasteiger partial charge is 0.312 e. The Labute approximate surface area is 150 Å². The van der Waals surface area contributed by atoms with Crippen LogP contribution in [0.25, 0.3) is 0 Å². The molecule has 0 aliphatic carbocycles. The Morgan fingerprint density at radius 1 is 1.17 bits per heavy atom. The van der Waals surface area contributed by atoms with Gasteiger partial charge in [-0.15, -0.1) is 0 Å². The highest BCUT2D eigenvalue weighted by Crippen LogP contribution is 2.31. The molecule has 0 saturated heterocycles. The molecule has 128 valence electrons. The zero-order chi connectivity index (χ0) is 18.2. The average molecular weight is 392 g/mol. The Bertz CT molecular complexity index is 797. The molecule has 1 atom stereocenters. The number of nitrogens with zero attached hydrogens (tertiary/aromatic N) is 1. The first kappa shape index (κ1) is 18.5. The number of carboxylic acid groups (broad SMARTS) is 1. The zero-order valence-corrected chi connectivity index (χ0v) is 16.2. The molecule has 0 spiro atoms. The SMILES string of the molecule is CCn1c(C(=O)c2c(C)cc(C)cc2C)cc(Br)c1C(C)C(=O)O. The number of carboxylic acids is 1. The van der Waals surface area contributed by atoms with E-state index >= 15 is 0 Å². The Kier molecular flexibility index (Phi) is 5.33. The van der Waals surface area contributed by atoms with Gasteiger partial charge in [-0.1, -0.05) is 17.7 Å². The topological polar surface area (TPSA) is 59.3 Å². The summed E-state index contributed by atoms with van der Waals surface area (Å²) in [4.78, 5) is 24.5. The van der Waals surface area contributed by atoms with E-state index in [1.165, 1.54) is 0 Å². The Morgan fingerprint density at radius 3 is 2.17 bits per heavy atom. The van der Waals surface area contributed by atoms with E-state index in [2.05, 4.69) is 15.9 Å². The molecule has 0 fully saturated rings.